The van der Waals surface area contributed by atoms with E-state index in [2.05, 4.69) is 31.7 Å². The van der Waals surface area contributed by atoms with Gasteiger partial charge in [-0.25, -0.2) is 9.97 Å². The average Bonchev–Trinajstić information content (AvgIpc) is 3.17. The quantitative estimate of drug-likeness (QED) is 0.764. The van der Waals surface area contributed by atoms with E-state index in [9.17, 15) is 5.11 Å². The second-order valence-electron chi connectivity index (χ2n) is 5.05. The Morgan fingerprint density at radius 1 is 1.25 bits per heavy atom. The number of benzene rings is 1. The second-order valence-corrected chi connectivity index (χ2v) is 5.05. The van der Waals surface area contributed by atoms with Gasteiger partial charge in [-0.15, -0.1) is 0 Å². The number of H-pyrrole nitrogens is 1. The molecule has 5 nitrogen and oxygen atoms in total. The normalized spacial score (nSPS) is 17.8. The van der Waals surface area contributed by atoms with Crippen molar-refractivity contribution < 1.29 is 5.11 Å². The summed E-state index contributed by atoms with van der Waals surface area (Å²) in [5, 5.41) is 10.4. The fourth-order valence-electron chi connectivity index (χ4n) is 2.96. The molecule has 4 rings (SSSR count). The van der Waals surface area contributed by atoms with Crippen molar-refractivity contribution in [3.63, 3.8) is 0 Å². The standard InChI is InChI=1S/C15H14N4O/c20-15(12-6-16-8-18-12)5-13-10-3-1-2-4-11(10)14-7-17-9-19(13)14/h1-4,6-9,13,15,20H,5H2,(H,16,18). The van der Waals surface area contributed by atoms with Crippen LogP contribution in [0.5, 0.6) is 0 Å². The van der Waals surface area contributed by atoms with E-state index in [-0.39, 0.29) is 6.04 Å². The van der Waals surface area contributed by atoms with Crippen molar-refractivity contribution in [1.29, 1.82) is 0 Å². The molecule has 20 heavy (non-hydrogen) atoms. The average molecular weight is 266 g/mol. The van der Waals surface area contributed by atoms with Gasteiger partial charge in [-0.1, -0.05) is 24.3 Å². The Kier molecular flexibility index (Phi) is 2.47. The molecule has 0 spiro atoms. The fourth-order valence-corrected chi connectivity index (χ4v) is 2.96. The lowest BCUT2D eigenvalue weighted by atomic mass is 9.98. The van der Waals surface area contributed by atoms with Crippen LogP contribution in [0.15, 0.2) is 49.3 Å². The first-order valence-electron chi connectivity index (χ1n) is 6.62. The minimum absolute atomic E-state index is 0.113. The zero-order valence-corrected chi connectivity index (χ0v) is 10.8. The van der Waals surface area contributed by atoms with Crippen molar-refractivity contribution in [2.24, 2.45) is 0 Å². The van der Waals surface area contributed by atoms with Crippen molar-refractivity contribution >= 4 is 0 Å². The van der Waals surface area contributed by atoms with Gasteiger partial charge in [-0.05, 0) is 5.56 Å². The zero-order chi connectivity index (χ0) is 13.5. The van der Waals surface area contributed by atoms with E-state index in [1.165, 1.54) is 11.1 Å². The number of aromatic amines is 1. The number of hydrogen-bond acceptors (Lipinski definition) is 3. The Labute approximate surface area is 115 Å². The van der Waals surface area contributed by atoms with Crippen LogP contribution in [0, 0.1) is 0 Å². The summed E-state index contributed by atoms with van der Waals surface area (Å²) in [4.78, 5) is 11.2. The number of rotatable bonds is 3. The van der Waals surface area contributed by atoms with E-state index in [1.807, 2.05) is 24.7 Å². The van der Waals surface area contributed by atoms with Crippen molar-refractivity contribution in [2.45, 2.75) is 18.6 Å². The van der Waals surface area contributed by atoms with Crippen LogP contribution in [0.3, 0.4) is 0 Å². The maximum atomic E-state index is 10.4. The smallest absolute Gasteiger partial charge is 0.0976 e. The van der Waals surface area contributed by atoms with Gasteiger partial charge in [0.05, 0.1) is 48.6 Å². The number of nitrogens with one attached hydrogen (secondary N) is 1. The summed E-state index contributed by atoms with van der Waals surface area (Å²) in [7, 11) is 0. The molecule has 2 unspecified atom stereocenters. The molecule has 0 bridgehead atoms. The minimum Gasteiger partial charge on any atom is -0.387 e. The SMILES string of the molecule is OC(CC1c2ccccc2-c2cncn21)c1cnc[nH]1. The number of fused-ring (bicyclic) bond motifs is 3. The van der Waals surface area contributed by atoms with Gasteiger partial charge < -0.3 is 14.7 Å². The zero-order valence-electron chi connectivity index (χ0n) is 10.8. The molecule has 0 aliphatic carbocycles. The summed E-state index contributed by atoms with van der Waals surface area (Å²) in [5.74, 6) is 0. The van der Waals surface area contributed by atoms with Crippen molar-refractivity contribution in [3.8, 4) is 11.3 Å². The highest BCUT2D eigenvalue weighted by molar-refractivity contribution is 5.68. The first-order chi connectivity index (χ1) is 9.84. The van der Waals surface area contributed by atoms with Crippen LogP contribution in [0.1, 0.15) is 29.8 Å². The second kappa shape index (κ2) is 4.31. The van der Waals surface area contributed by atoms with E-state index in [4.69, 9.17) is 0 Å². The molecule has 1 aliphatic heterocycles. The number of hydrogen-bond donors (Lipinski definition) is 2. The van der Waals surface area contributed by atoms with Gasteiger partial charge in [-0.3, -0.25) is 0 Å². The van der Waals surface area contributed by atoms with Crippen molar-refractivity contribution in [3.05, 3.63) is 60.6 Å². The number of nitrogens with zero attached hydrogens (tertiary/aromatic N) is 3. The lowest BCUT2D eigenvalue weighted by Crippen LogP contribution is -2.10. The van der Waals surface area contributed by atoms with Crippen LogP contribution in [0.2, 0.25) is 0 Å². The van der Waals surface area contributed by atoms with Gasteiger partial charge >= 0.3 is 0 Å². The molecule has 0 saturated carbocycles. The largest absolute Gasteiger partial charge is 0.387 e. The van der Waals surface area contributed by atoms with Gasteiger partial charge in [0.2, 0.25) is 0 Å². The maximum Gasteiger partial charge on any atom is 0.0976 e. The Morgan fingerprint density at radius 3 is 3.00 bits per heavy atom. The topological polar surface area (TPSA) is 66.7 Å². The third-order valence-electron chi connectivity index (χ3n) is 3.92. The lowest BCUT2D eigenvalue weighted by molar-refractivity contribution is 0.150. The number of aromatic nitrogens is 4. The van der Waals surface area contributed by atoms with E-state index in [0.717, 1.165) is 11.4 Å². The molecule has 1 aromatic carbocycles. The minimum atomic E-state index is -0.566. The summed E-state index contributed by atoms with van der Waals surface area (Å²) in [5.41, 5.74) is 4.30. The lowest BCUT2D eigenvalue weighted by Gasteiger charge is -2.18. The molecule has 5 heteroatoms. The van der Waals surface area contributed by atoms with Crippen LogP contribution in [-0.2, 0) is 0 Å². The molecular weight excluding hydrogens is 252 g/mol. The van der Waals surface area contributed by atoms with Crippen LogP contribution in [0.4, 0.5) is 0 Å². The molecule has 100 valence electrons. The molecule has 1 aliphatic rings. The molecule has 2 atom stereocenters. The summed E-state index contributed by atoms with van der Waals surface area (Å²) in [6.07, 6.45) is 7.00. The first kappa shape index (κ1) is 11.4. The number of imidazole rings is 2. The van der Waals surface area contributed by atoms with Crippen molar-refractivity contribution in [1.82, 2.24) is 19.5 Å². The Morgan fingerprint density at radius 2 is 2.15 bits per heavy atom. The highest BCUT2D eigenvalue weighted by atomic mass is 16.3. The summed E-state index contributed by atoms with van der Waals surface area (Å²) in [6.45, 7) is 0. The van der Waals surface area contributed by atoms with Gasteiger partial charge in [-0.2, -0.15) is 0 Å². The van der Waals surface area contributed by atoms with Crippen molar-refractivity contribution in [2.75, 3.05) is 0 Å². The van der Waals surface area contributed by atoms with E-state index in [1.54, 1.807) is 12.5 Å². The molecule has 3 aromatic rings. The van der Waals surface area contributed by atoms with E-state index < -0.39 is 6.10 Å². The highest BCUT2D eigenvalue weighted by Gasteiger charge is 2.30. The van der Waals surface area contributed by atoms with Crippen LogP contribution >= 0.6 is 0 Å². The predicted octanol–water partition coefficient (Wildman–Crippen LogP) is 2.30. The summed E-state index contributed by atoms with van der Waals surface area (Å²) >= 11 is 0. The summed E-state index contributed by atoms with van der Waals surface area (Å²) in [6, 6.07) is 8.40. The maximum absolute atomic E-state index is 10.4. The molecule has 0 fully saturated rings. The van der Waals surface area contributed by atoms with Gasteiger partial charge in [0.25, 0.3) is 0 Å². The number of aliphatic hydroxyl groups is 1. The van der Waals surface area contributed by atoms with Crippen LogP contribution < -0.4 is 0 Å². The third-order valence-corrected chi connectivity index (χ3v) is 3.92. The molecule has 3 heterocycles. The highest BCUT2D eigenvalue weighted by Crippen LogP contribution is 2.42. The van der Waals surface area contributed by atoms with Crippen LogP contribution in [-0.4, -0.2) is 24.6 Å². The molecular formula is C15H14N4O. The molecule has 2 N–H and O–H groups in total. The van der Waals surface area contributed by atoms with Gasteiger partial charge in [0.1, 0.15) is 0 Å². The Hall–Kier alpha value is -2.40. The molecule has 0 amide bonds. The molecule has 0 saturated heterocycles. The predicted molar refractivity (Wildman–Crippen MR) is 74.0 cm³/mol. The Bertz CT molecular complexity index is 732. The summed E-state index contributed by atoms with van der Waals surface area (Å²) < 4.78 is 2.13. The van der Waals surface area contributed by atoms with E-state index >= 15 is 0 Å². The van der Waals surface area contributed by atoms with E-state index in [0.29, 0.717) is 6.42 Å². The van der Waals surface area contributed by atoms with Crippen LogP contribution in [0.25, 0.3) is 11.3 Å². The van der Waals surface area contributed by atoms with Gasteiger partial charge in [0.15, 0.2) is 0 Å². The monoisotopic (exact) mass is 266 g/mol. The molecule has 0 radical (unpaired) electrons. The number of aliphatic hydroxyl groups excluding tert-OH is 1. The first-order valence-corrected chi connectivity index (χ1v) is 6.62. The third kappa shape index (κ3) is 1.60. The molecule has 2 aromatic heterocycles. The fraction of sp³-hybridized carbons (Fsp3) is 0.200. The van der Waals surface area contributed by atoms with Gasteiger partial charge in [0, 0.05) is 12.0 Å². The Balaban J connectivity index is 1.72.